The number of benzene rings is 2. The Hall–Kier alpha value is -3.57. The molecule has 1 aromatic heterocycles. The molecule has 0 spiro atoms. The van der Waals surface area contributed by atoms with Crippen molar-refractivity contribution in [2.75, 3.05) is 0 Å². The monoisotopic (exact) mass is 487 g/mol. The number of ether oxygens (including phenoxy) is 1. The quantitative estimate of drug-likeness (QED) is 0.446. The van der Waals surface area contributed by atoms with Gasteiger partial charge in [-0.15, -0.1) is 0 Å². The third-order valence-corrected chi connectivity index (χ3v) is 4.66. The van der Waals surface area contributed by atoms with Crippen molar-refractivity contribution < 1.29 is 40.4 Å². The molecule has 1 N–H and O–H groups in total. The lowest BCUT2D eigenvalue weighted by molar-refractivity contribution is -0.138. The van der Waals surface area contributed by atoms with E-state index in [2.05, 4.69) is 15.5 Å². The fourth-order valence-electron chi connectivity index (χ4n) is 2.88. The predicted molar refractivity (Wildman–Crippen MR) is 107 cm³/mol. The lowest BCUT2D eigenvalue weighted by Crippen LogP contribution is -2.41. The number of aromatic nitrogens is 2. The second-order valence-electron chi connectivity index (χ2n) is 7.61. The zero-order chi connectivity index (χ0) is 25.1. The van der Waals surface area contributed by atoms with Crippen LogP contribution in [0.15, 0.2) is 53.1 Å². The lowest BCUT2D eigenvalue weighted by atomic mass is 10.1. The summed E-state index contributed by atoms with van der Waals surface area (Å²) in [6, 6.07) is 8.13. The zero-order valence-electron chi connectivity index (χ0n) is 17.9. The number of carbonyl (C=O) groups excluding carboxylic acids is 1. The average molecular weight is 487 g/mol. The molecular formula is C22H19F6N3O3. The summed E-state index contributed by atoms with van der Waals surface area (Å²) in [5.74, 6) is -0.763. The Kier molecular flexibility index (Phi) is 7.18. The fraction of sp³-hybridized carbons (Fsp3) is 0.318. The third-order valence-electron chi connectivity index (χ3n) is 4.66. The van der Waals surface area contributed by atoms with E-state index in [-0.39, 0.29) is 29.9 Å². The molecule has 0 aliphatic heterocycles. The average Bonchev–Trinajstić information content (AvgIpc) is 3.24. The third kappa shape index (κ3) is 6.27. The van der Waals surface area contributed by atoms with Crippen LogP contribution in [0.5, 0.6) is 5.75 Å². The Labute approximate surface area is 189 Å². The number of rotatable bonds is 7. The Morgan fingerprint density at radius 2 is 1.47 bits per heavy atom. The number of nitrogens with one attached hydrogen (secondary N) is 1. The molecule has 12 heteroatoms. The van der Waals surface area contributed by atoms with Gasteiger partial charge in [0.25, 0.3) is 5.91 Å². The van der Waals surface area contributed by atoms with Gasteiger partial charge in [0, 0.05) is 5.56 Å². The maximum atomic E-state index is 12.7. The van der Waals surface area contributed by atoms with Gasteiger partial charge in [-0.2, -0.15) is 31.3 Å². The minimum absolute atomic E-state index is 0.000263. The molecule has 0 aliphatic carbocycles. The molecule has 3 aromatic rings. The topological polar surface area (TPSA) is 77.2 Å². The molecule has 182 valence electrons. The standard InChI is InChI=1S/C22H19F6N3O3/c1-12(2)18(33-16-9-7-15(8-10-16)22(26,27)28)20(32)29-11-17-30-19(31-34-17)13-3-5-14(6-4-13)21(23,24)25/h3-10,12,18H,11H2,1-2H3,(H,29,32). The summed E-state index contributed by atoms with van der Waals surface area (Å²) in [6.07, 6.45) is -9.98. The van der Waals surface area contributed by atoms with Crippen LogP contribution in [0, 0.1) is 5.92 Å². The van der Waals surface area contributed by atoms with Crippen LogP contribution in [-0.2, 0) is 23.7 Å². The SMILES string of the molecule is CC(C)C(Oc1ccc(C(F)(F)F)cc1)C(=O)NCc1nc(-c2ccc(C(F)(F)F)cc2)no1. The summed E-state index contributed by atoms with van der Waals surface area (Å²) in [4.78, 5) is 16.6. The molecule has 0 saturated heterocycles. The van der Waals surface area contributed by atoms with E-state index >= 15 is 0 Å². The highest BCUT2D eigenvalue weighted by molar-refractivity contribution is 5.81. The van der Waals surface area contributed by atoms with Crippen molar-refractivity contribution in [1.29, 1.82) is 0 Å². The van der Waals surface area contributed by atoms with Crippen LogP contribution in [-0.4, -0.2) is 22.2 Å². The molecule has 2 aromatic carbocycles. The smallest absolute Gasteiger partial charge is 0.416 e. The first kappa shape index (κ1) is 25.1. The van der Waals surface area contributed by atoms with Gasteiger partial charge in [0.05, 0.1) is 17.7 Å². The largest absolute Gasteiger partial charge is 0.480 e. The molecule has 6 nitrogen and oxygen atoms in total. The second-order valence-corrected chi connectivity index (χ2v) is 7.61. The van der Waals surface area contributed by atoms with Gasteiger partial charge >= 0.3 is 12.4 Å². The van der Waals surface area contributed by atoms with Crippen molar-refractivity contribution in [1.82, 2.24) is 15.5 Å². The summed E-state index contributed by atoms with van der Waals surface area (Å²) >= 11 is 0. The van der Waals surface area contributed by atoms with E-state index in [4.69, 9.17) is 9.26 Å². The van der Waals surface area contributed by atoms with E-state index in [1.54, 1.807) is 13.8 Å². The summed E-state index contributed by atoms with van der Waals surface area (Å²) in [6.45, 7) is 3.21. The van der Waals surface area contributed by atoms with Gasteiger partial charge in [-0.3, -0.25) is 4.79 Å². The highest BCUT2D eigenvalue weighted by atomic mass is 19.4. The number of amides is 1. The van der Waals surface area contributed by atoms with E-state index in [0.717, 1.165) is 36.4 Å². The molecule has 3 rings (SSSR count). The molecule has 34 heavy (non-hydrogen) atoms. The van der Waals surface area contributed by atoms with Crippen molar-refractivity contribution in [2.24, 2.45) is 5.92 Å². The lowest BCUT2D eigenvalue weighted by Gasteiger charge is -2.21. The van der Waals surface area contributed by atoms with Gasteiger partial charge in [0.15, 0.2) is 6.10 Å². The van der Waals surface area contributed by atoms with Crippen molar-refractivity contribution >= 4 is 5.91 Å². The van der Waals surface area contributed by atoms with Gasteiger partial charge in [0.1, 0.15) is 5.75 Å². The first-order valence-corrected chi connectivity index (χ1v) is 9.96. The molecule has 0 radical (unpaired) electrons. The van der Waals surface area contributed by atoms with E-state index < -0.39 is 35.5 Å². The van der Waals surface area contributed by atoms with Crippen molar-refractivity contribution in [3.8, 4) is 17.1 Å². The van der Waals surface area contributed by atoms with Crippen LogP contribution < -0.4 is 10.1 Å². The molecule has 1 amide bonds. The molecule has 0 aliphatic rings. The van der Waals surface area contributed by atoms with Crippen molar-refractivity contribution in [3.05, 3.63) is 65.5 Å². The van der Waals surface area contributed by atoms with E-state index in [1.165, 1.54) is 12.1 Å². The van der Waals surface area contributed by atoms with Crippen LogP contribution in [0.1, 0.15) is 30.9 Å². The first-order chi connectivity index (χ1) is 15.8. The maximum Gasteiger partial charge on any atom is 0.416 e. The highest BCUT2D eigenvalue weighted by Gasteiger charge is 2.31. The number of carbonyl (C=O) groups is 1. The van der Waals surface area contributed by atoms with Crippen LogP contribution in [0.4, 0.5) is 26.3 Å². The molecule has 1 heterocycles. The predicted octanol–water partition coefficient (Wildman–Crippen LogP) is 5.49. The fourth-order valence-corrected chi connectivity index (χ4v) is 2.88. The molecule has 0 saturated carbocycles. The highest BCUT2D eigenvalue weighted by Crippen LogP contribution is 2.31. The van der Waals surface area contributed by atoms with Gasteiger partial charge in [-0.05, 0) is 42.3 Å². The number of hydrogen-bond acceptors (Lipinski definition) is 5. The van der Waals surface area contributed by atoms with Crippen LogP contribution in [0.2, 0.25) is 0 Å². The molecular weight excluding hydrogens is 468 g/mol. The van der Waals surface area contributed by atoms with E-state index in [1.807, 2.05) is 0 Å². The maximum absolute atomic E-state index is 12.7. The van der Waals surface area contributed by atoms with Gasteiger partial charge in [-0.25, -0.2) is 0 Å². The summed E-state index contributed by atoms with van der Waals surface area (Å²) in [5, 5.41) is 6.23. The van der Waals surface area contributed by atoms with Gasteiger partial charge < -0.3 is 14.6 Å². The van der Waals surface area contributed by atoms with Crippen LogP contribution in [0.3, 0.4) is 0 Å². The Morgan fingerprint density at radius 3 is 1.97 bits per heavy atom. The number of alkyl halides is 6. The minimum atomic E-state index is -4.49. The minimum Gasteiger partial charge on any atom is -0.480 e. The summed E-state index contributed by atoms with van der Waals surface area (Å²) in [7, 11) is 0. The zero-order valence-corrected chi connectivity index (χ0v) is 17.9. The molecule has 1 atom stereocenters. The summed E-state index contributed by atoms with van der Waals surface area (Å²) < 4.78 is 86.8. The van der Waals surface area contributed by atoms with Crippen LogP contribution >= 0.6 is 0 Å². The number of hydrogen-bond donors (Lipinski definition) is 1. The van der Waals surface area contributed by atoms with Gasteiger partial charge in [0.2, 0.25) is 11.7 Å². The Morgan fingerprint density at radius 1 is 0.941 bits per heavy atom. The van der Waals surface area contributed by atoms with Gasteiger partial charge in [-0.1, -0.05) is 31.1 Å². The molecule has 1 unspecified atom stereocenters. The molecule has 0 bridgehead atoms. The number of halogens is 6. The van der Waals surface area contributed by atoms with E-state index in [0.29, 0.717) is 5.56 Å². The number of nitrogens with zero attached hydrogens (tertiary/aromatic N) is 2. The second kappa shape index (κ2) is 9.74. The van der Waals surface area contributed by atoms with Crippen molar-refractivity contribution in [2.45, 2.75) is 38.8 Å². The Bertz CT molecular complexity index is 1110. The van der Waals surface area contributed by atoms with Crippen LogP contribution in [0.25, 0.3) is 11.4 Å². The van der Waals surface area contributed by atoms with Crippen molar-refractivity contribution in [3.63, 3.8) is 0 Å². The van der Waals surface area contributed by atoms with E-state index in [9.17, 15) is 31.1 Å². The summed E-state index contributed by atoms with van der Waals surface area (Å²) in [5.41, 5.74) is -1.37. The normalized spacial score (nSPS) is 13.1. The first-order valence-electron chi connectivity index (χ1n) is 9.96. The molecule has 0 fully saturated rings. The Balaban J connectivity index is 1.62.